The van der Waals surface area contributed by atoms with Gasteiger partial charge in [-0.25, -0.2) is 13.1 Å². The molecule has 0 radical (unpaired) electrons. The third-order valence-electron chi connectivity index (χ3n) is 5.80. The van der Waals surface area contributed by atoms with Crippen molar-refractivity contribution >= 4 is 10.0 Å². The van der Waals surface area contributed by atoms with E-state index in [0.717, 1.165) is 57.4 Å². The van der Waals surface area contributed by atoms with Gasteiger partial charge in [-0.2, -0.15) is 0 Å². The lowest BCUT2D eigenvalue weighted by atomic mass is 9.86. The Kier molecular flexibility index (Phi) is 8.98. The highest BCUT2D eigenvalue weighted by atomic mass is 32.2. The lowest BCUT2D eigenvalue weighted by Crippen LogP contribution is -2.46. The van der Waals surface area contributed by atoms with Gasteiger partial charge in [-0.05, 0) is 95.0 Å². The van der Waals surface area contributed by atoms with Crippen molar-refractivity contribution in [3.05, 3.63) is 29.3 Å². The van der Waals surface area contributed by atoms with Crippen molar-refractivity contribution in [1.82, 2.24) is 10.0 Å². The molecule has 0 heterocycles. The van der Waals surface area contributed by atoms with Crippen LogP contribution in [0.3, 0.4) is 0 Å². The van der Waals surface area contributed by atoms with Crippen LogP contribution in [-0.4, -0.2) is 38.9 Å². The number of rotatable bonds is 10. The van der Waals surface area contributed by atoms with E-state index in [4.69, 9.17) is 4.74 Å². The van der Waals surface area contributed by atoms with E-state index < -0.39 is 14.8 Å². The summed E-state index contributed by atoms with van der Waals surface area (Å²) >= 11 is 0. The van der Waals surface area contributed by atoms with Crippen LogP contribution in [0.15, 0.2) is 18.2 Å². The van der Waals surface area contributed by atoms with Crippen LogP contribution < -0.4 is 14.8 Å². The Labute approximate surface area is 178 Å². The Morgan fingerprint density at radius 1 is 1.00 bits per heavy atom. The highest BCUT2D eigenvalue weighted by Crippen LogP contribution is 2.26. The lowest BCUT2D eigenvalue weighted by molar-refractivity contribution is 0.280. The molecule has 0 aliphatic heterocycles. The predicted molar refractivity (Wildman–Crippen MR) is 121 cm³/mol. The van der Waals surface area contributed by atoms with Crippen LogP contribution >= 0.6 is 0 Å². The zero-order chi connectivity index (χ0) is 21.5. The number of sulfonamides is 1. The SMILES string of the molecule is CCc1cc(CC)cc(OCCNCC2CCC(NS(=O)(=O)C(C)(C)C)CC2)c1. The minimum atomic E-state index is -3.26. The largest absolute Gasteiger partial charge is 0.492 e. The Morgan fingerprint density at radius 2 is 1.59 bits per heavy atom. The minimum absolute atomic E-state index is 0.0809. The summed E-state index contributed by atoms with van der Waals surface area (Å²) in [5.74, 6) is 1.58. The average molecular weight is 425 g/mol. The average Bonchev–Trinajstić information content (AvgIpc) is 2.67. The third-order valence-corrected chi connectivity index (χ3v) is 8.05. The molecule has 29 heavy (non-hydrogen) atoms. The zero-order valence-corrected chi connectivity index (χ0v) is 19.7. The molecule has 6 heteroatoms. The number of hydrogen-bond acceptors (Lipinski definition) is 4. The van der Waals surface area contributed by atoms with E-state index in [0.29, 0.717) is 12.5 Å². The van der Waals surface area contributed by atoms with Crippen LogP contribution in [0.5, 0.6) is 5.75 Å². The lowest BCUT2D eigenvalue weighted by Gasteiger charge is -2.31. The van der Waals surface area contributed by atoms with Gasteiger partial charge in [0.1, 0.15) is 12.4 Å². The van der Waals surface area contributed by atoms with E-state index >= 15 is 0 Å². The predicted octanol–water partition coefficient (Wildman–Crippen LogP) is 4.06. The number of ether oxygens (including phenoxy) is 1. The van der Waals surface area contributed by atoms with Crippen molar-refractivity contribution in [2.24, 2.45) is 5.92 Å². The van der Waals surface area contributed by atoms with Crippen LogP contribution in [0.2, 0.25) is 0 Å². The topological polar surface area (TPSA) is 67.4 Å². The van der Waals surface area contributed by atoms with Crippen LogP contribution in [0.1, 0.15) is 71.4 Å². The summed E-state index contributed by atoms with van der Waals surface area (Å²) in [6.07, 6.45) is 6.00. The monoisotopic (exact) mass is 424 g/mol. The minimum Gasteiger partial charge on any atom is -0.492 e. The molecule has 1 aromatic carbocycles. The van der Waals surface area contributed by atoms with E-state index in [1.54, 1.807) is 20.8 Å². The molecule has 2 rings (SSSR count). The summed E-state index contributed by atoms with van der Waals surface area (Å²) in [4.78, 5) is 0. The molecule has 0 aromatic heterocycles. The van der Waals surface area contributed by atoms with Crippen molar-refractivity contribution < 1.29 is 13.2 Å². The molecule has 0 bridgehead atoms. The second-order valence-corrected chi connectivity index (χ2v) is 11.7. The van der Waals surface area contributed by atoms with Crippen molar-refractivity contribution in [1.29, 1.82) is 0 Å². The van der Waals surface area contributed by atoms with Gasteiger partial charge in [-0.15, -0.1) is 0 Å². The van der Waals surface area contributed by atoms with Gasteiger partial charge >= 0.3 is 0 Å². The van der Waals surface area contributed by atoms with Gasteiger partial charge in [0.25, 0.3) is 0 Å². The van der Waals surface area contributed by atoms with Gasteiger partial charge in [-0.1, -0.05) is 19.9 Å². The number of aryl methyl sites for hydroxylation is 2. The van der Waals surface area contributed by atoms with Gasteiger partial charge in [-0.3, -0.25) is 0 Å². The Bertz CT molecular complexity index is 711. The molecule has 2 N–H and O–H groups in total. The van der Waals surface area contributed by atoms with E-state index in [-0.39, 0.29) is 6.04 Å². The van der Waals surface area contributed by atoms with Crippen LogP contribution in [-0.2, 0) is 22.9 Å². The molecule has 0 atom stereocenters. The standard InChI is InChI=1S/C23H40N2O3S/c1-6-18-14-19(7-2)16-22(15-18)28-13-12-24-17-20-8-10-21(11-9-20)25-29(26,27)23(3,4)5/h14-16,20-21,24-25H,6-13,17H2,1-5H3. The number of nitrogens with one attached hydrogen (secondary N) is 2. The van der Waals surface area contributed by atoms with Crippen molar-refractivity contribution in [2.45, 2.75) is 83.9 Å². The quantitative estimate of drug-likeness (QED) is 0.556. The molecule has 1 fully saturated rings. The first-order valence-electron chi connectivity index (χ1n) is 11.1. The Morgan fingerprint density at radius 3 is 2.10 bits per heavy atom. The first-order valence-corrected chi connectivity index (χ1v) is 12.6. The maximum absolute atomic E-state index is 12.3. The number of hydrogen-bond donors (Lipinski definition) is 2. The molecular weight excluding hydrogens is 384 g/mol. The molecule has 1 aromatic rings. The van der Waals surface area contributed by atoms with Crippen molar-refractivity contribution in [3.63, 3.8) is 0 Å². The summed E-state index contributed by atoms with van der Waals surface area (Å²) in [6, 6.07) is 6.61. The fourth-order valence-electron chi connectivity index (χ4n) is 3.65. The Balaban J connectivity index is 1.65. The molecule has 0 spiro atoms. The summed E-state index contributed by atoms with van der Waals surface area (Å²) in [7, 11) is -3.26. The van der Waals surface area contributed by atoms with Crippen molar-refractivity contribution in [3.8, 4) is 5.75 Å². The van der Waals surface area contributed by atoms with Gasteiger partial charge in [0, 0.05) is 12.6 Å². The van der Waals surface area contributed by atoms with Crippen LogP contribution in [0, 0.1) is 5.92 Å². The molecule has 0 unspecified atom stereocenters. The number of benzene rings is 1. The first kappa shape index (κ1) is 24.2. The molecule has 166 valence electrons. The van der Waals surface area contributed by atoms with Crippen LogP contribution in [0.25, 0.3) is 0 Å². The van der Waals surface area contributed by atoms with Crippen molar-refractivity contribution in [2.75, 3.05) is 19.7 Å². The normalized spacial score (nSPS) is 20.6. The van der Waals surface area contributed by atoms with E-state index in [9.17, 15) is 8.42 Å². The fraction of sp³-hybridized carbons (Fsp3) is 0.739. The smallest absolute Gasteiger partial charge is 0.216 e. The first-order chi connectivity index (χ1) is 13.6. The van der Waals surface area contributed by atoms with E-state index in [2.05, 4.69) is 42.1 Å². The Hall–Kier alpha value is -1.11. The second-order valence-electron chi connectivity index (χ2n) is 9.20. The van der Waals surface area contributed by atoms with Gasteiger partial charge in [0.05, 0.1) is 4.75 Å². The molecule has 1 saturated carbocycles. The summed E-state index contributed by atoms with van der Waals surface area (Å²) < 4.78 is 32.7. The highest BCUT2D eigenvalue weighted by Gasteiger charge is 2.32. The van der Waals surface area contributed by atoms with Gasteiger partial charge < -0.3 is 10.1 Å². The highest BCUT2D eigenvalue weighted by molar-refractivity contribution is 7.90. The molecule has 0 amide bonds. The molecule has 5 nitrogen and oxygen atoms in total. The fourth-order valence-corrected chi connectivity index (χ4v) is 4.68. The van der Waals surface area contributed by atoms with E-state index in [1.807, 2.05) is 0 Å². The third kappa shape index (κ3) is 7.58. The van der Waals surface area contributed by atoms with E-state index in [1.165, 1.54) is 11.1 Å². The summed E-state index contributed by atoms with van der Waals surface area (Å²) in [5, 5.41) is 3.51. The molecular formula is C23H40N2O3S. The van der Waals surface area contributed by atoms with Crippen LogP contribution in [0.4, 0.5) is 0 Å². The summed E-state index contributed by atoms with van der Waals surface area (Å²) in [6.45, 7) is 12.0. The molecule has 1 aliphatic carbocycles. The zero-order valence-electron chi connectivity index (χ0n) is 18.9. The summed E-state index contributed by atoms with van der Waals surface area (Å²) in [5.41, 5.74) is 2.65. The molecule has 0 saturated heterocycles. The maximum Gasteiger partial charge on any atom is 0.216 e. The maximum atomic E-state index is 12.3. The second kappa shape index (κ2) is 10.8. The van der Waals surface area contributed by atoms with Gasteiger partial charge in [0.15, 0.2) is 0 Å². The molecule has 1 aliphatic rings. The van der Waals surface area contributed by atoms with Gasteiger partial charge in [0.2, 0.25) is 10.0 Å².